The lowest BCUT2D eigenvalue weighted by Gasteiger charge is -2.41. The first kappa shape index (κ1) is 26.3. The number of hydrogen-bond acceptors (Lipinski definition) is 6. The van der Waals surface area contributed by atoms with Crippen LogP contribution in [0.5, 0.6) is 0 Å². The monoisotopic (exact) mass is 430 g/mol. The van der Waals surface area contributed by atoms with Crippen LogP contribution in [0.1, 0.15) is 46.5 Å². The normalized spacial score (nSPS) is 30.5. The van der Waals surface area contributed by atoms with E-state index >= 15 is 0 Å². The number of fused-ring (bicyclic) bond motifs is 3. The fraction of sp³-hybridized carbons (Fsp3) is 0.857. The number of piperidine rings is 2. The van der Waals surface area contributed by atoms with Gasteiger partial charge in [-0.05, 0) is 44.4 Å². The van der Waals surface area contributed by atoms with E-state index in [1.807, 2.05) is 11.9 Å². The first-order valence-electron chi connectivity index (χ1n) is 10.9. The van der Waals surface area contributed by atoms with E-state index in [1.54, 1.807) is 6.92 Å². The smallest absolute Gasteiger partial charge is 0.351 e. The van der Waals surface area contributed by atoms with Crippen molar-refractivity contribution < 1.29 is 39.8 Å². The number of likely N-dealkylation sites (tertiary alicyclic amines) is 1. The maximum atomic E-state index is 12.6. The lowest BCUT2D eigenvalue weighted by atomic mass is 9.70. The first-order valence-corrected chi connectivity index (χ1v) is 10.9. The van der Waals surface area contributed by atoms with Crippen molar-refractivity contribution in [3.05, 3.63) is 0 Å². The number of aliphatic carboxylic acids is 2. The predicted molar refractivity (Wildman–Crippen MR) is 107 cm³/mol. The van der Waals surface area contributed by atoms with Gasteiger partial charge in [-0.1, -0.05) is 13.8 Å². The Kier molecular flexibility index (Phi) is 11.3. The maximum absolute atomic E-state index is 12.6. The van der Waals surface area contributed by atoms with Crippen LogP contribution in [-0.4, -0.2) is 78.5 Å². The summed E-state index contributed by atoms with van der Waals surface area (Å²) in [5.74, 6) is -1.70. The third kappa shape index (κ3) is 7.52. The third-order valence-corrected chi connectivity index (χ3v) is 6.03. The molecule has 3 rings (SSSR count). The van der Waals surface area contributed by atoms with E-state index in [4.69, 9.17) is 29.6 Å². The summed E-state index contributed by atoms with van der Waals surface area (Å²) in [5, 5.41) is 26.4. The van der Waals surface area contributed by atoms with Crippen LogP contribution < -0.4 is 10.4 Å². The van der Waals surface area contributed by atoms with Gasteiger partial charge in [0.2, 0.25) is 5.91 Å². The number of hydrogen-bond donors (Lipinski definition) is 3. The standard InChI is InChI=1S/C17H30N2O2.C2H2O4.C2H6O/c1-11(2)9-15-16-13(5-4-7-18-16)12-6-8-19(3)17(20)14(12)10-21-15;3-1(4)2(5)6;1-2-3/h11-16,18H,4-10H2,1-3H3;(H,3,4)(H,5,6);3H,2H2,1H3/t12-,13+,14+,15-,16-;;/m0../s1. The average Bonchev–Trinajstić information content (AvgIpc) is 2.83. The van der Waals surface area contributed by atoms with Crippen molar-refractivity contribution in [1.29, 1.82) is 0 Å². The molecule has 4 N–H and O–H groups in total. The van der Waals surface area contributed by atoms with Gasteiger partial charge in [0.25, 0.3) is 0 Å². The number of amides is 1. The van der Waals surface area contributed by atoms with Gasteiger partial charge in [0.1, 0.15) is 12.1 Å². The van der Waals surface area contributed by atoms with Gasteiger partial charge in [-0.15, -0.1) is 0 Å². The number of carboxylic acid groups (broad SMARTS) is 2. The van der Waals surface area contributed by atoms with Crippen LogP contribution in [0, 0.1) is 23.7 Å². The minimum atomic E-state index is -2.07. The van der Waals surface area contributed by atoms with E-state index in [9.17, 15) is 4.79 Å². The topological polar surface area (TPSA) is 144 Å². The second kappa shape index (κ2) is 12.9. The molecule has 0 bridgehead atoms. The Morgan fingerprint density at radius 3 is 2.43 bits per heavy atom. The van der Waals surface area contributed by atoms with Crippen molar-refractivity contribution in [3.8, 4) is 0 Å². The summed E-state index contributed by atoms with van der Waals surface area (Å²) in [6, 6.07) is 0.576. The molecule has 174 valence electrons. The van der Waals surface area contributed by atoms with Crippen molar-refractivity contribution in [1.82, 2.24) is 4.90 Å². The zero-order valence-electron chi connectivity index (χ0n) is 18.6. The number of nitrogens with zero attached hydrogens (tertiary/aromatic N) is 1. The lowest BCUT2D eigenvalue weighted by molar-refractivity contribution is -0.713. The van der Waals surface area contributed by atoms with Crippen LogP contribution in [0.15, 0.2) is 0 Å². The molecule has 0 spiro atoms. The Hall–Kier alpha value is -1.71. The van der Waals surface area contributed by atoms with Gasteiger partial charge in [-0.2, -0.15) is 0 Å². The highest BCUT2D eigenvalue weighted by atomic mass is 16.5. The molecule has 9 heteroatoms. The van der Waals surface area contributed by atoms with Crippen molar-refractivity contribution in [2.45, 2.75) is 58.6 Å². The highest BCUT2D eigenvalue weighted by Gasteiger charge is 2.49. The zero-order valence-corrected chi connectivity index (χ0v) is 18.6. The summed E-state index contributed by atoms with van der Waals surface area (Å²) >= 11 is 0. The largest absolute Gasteiger partial charge is 0.539 e. The maximum Gasteiger partial charge on any atom is 0.351 e. The SMILES string of the molecule is CC(C)C[C@@H]1OC[C@H]2C(=O)N(C)CC[C@H]2[C@H]2CCC[NH2+][C@@H]21.CCO.O=C([O-])C(=O)O. The molecule has 5 atom stereocenters. The minimum Gasteiger partial charge on any atom is -0.539 e. The number of carboxylic acids is 2. The molecule has 9 nitrogen and oxygen atoms in total. The molecule has 0 aromatic carbocycles. The first-order chi connectivity index (χ1) is 14.1. The number of quaternary nitrogens is 1. The zero-order chi connectivity index (χ0) is 22.8. The van der Waals surface area contributed by atoms with Crippen LogP contribution in [0.3, 0.4) is 0 Å². The molecule has 3 saturated heterocycles. The highest BCUT2D eigenvalue weighted by Crippen LogP contribution is 2.39. The molecule has 0 saturated carbocycles. The fourth-order valence-electron chi connectivity index (χ4n) is 4.81. The van der Waals surface area contributed by atoms with E-state index in [1.165, 1.54) is 25.8 Å². The number of ether oxygens (including phenoxy) is 1. The second-order valence-electron chi connectivity index (χ2n) is 8.64. The summed E-state index contributed by atoms with van der Waals surface area (Å²) in [6.45, 7) is 9.28. The van der Waals surface area contributed by atoms with Gasteiger partial charge in [0, 0.05) is 26.1 Å². The van der Waals surface area contributed by atoms with Gasteiger partial charge < -0.3 is 35.1 Å². The van der Waals surface area contributed by atoms with E-state index in [2.05, 4.69) is 19.2 Å². The molecule has 0 unspecified atom stereocenters. The van der Waals surface area contributed by atoms with Gasteiger partial charge in [0.05, 0.1) is 19.1 Å². The average molecular weight is 431 g/mol. The third-order valence-electron chi connectivity index (χ3n) is 6.03. The van der Waals surface area contributed by atoms with Crippen LogP contribution in [0.2, 0.25) is 0 Å². The minimum absolute atomic E-state index is 0.111. The quantitative estimate of drug-likeness (QED) is 0.461. The highest BCUT2D eigenvalue weighted by molar-refractivity contribution is 6.26. The summed E-state index contributed by atoms with van der Waals surface area (Å²) in [5.41, 5.74) is 0. The lowest BCUT2D eigenvalue weighted by Crippen LogP contribution is -2.95. The number of aliphatic hydroxyl groups is 1. The number of rotatable bonds is 2. The summed E-state index contributed by atoms with van der Waals surface area (Å²) in [6.07, 6.45) is 5.21. The predicted octanol–water partition coefficient (Wildman–Crippen LogP) is -1.31. The van der Waals surface area contributed by atoms with E-state index in [0.717, 1.165) is 13.0 Å². The molecular formula is C21H38N2O7. The van der Waals surface area contributed by atoms with Gasteiger partial charge >= 0.3 is 5.97 Å². The van der Waals surface area contributed by atoms with Crippen molar-refractivity contribution in [3.63, 3.8) is 0 Å². The molecule has 0 radical (unpaired) electrons. The molecule has 3 heterocycles. The van der Waals surface area contributed by atoms with Crippen molar-refractivity contribution in [2.75, 3.05) is 33.4 Å². The summed E-state index contributed by atoms with van der Waals surface area (Å²) in [7, 11) is 1.94. The fourth-order valence-corrected chi connectivity index (χ4v) is 4.81. The molecule has 3 aliphatic rings. The number of aliphatic hydroxyl groups excluding tert-OH is 1. The molecule has 0 aliphatic carbocycles. The molecule has 3 fully saturated rings. The van der Waals surface area contributed by atoms with E-state index in [-0.39, 0.29) is 12.5 Å². The van der Waals surface area contributed by atoms with Gasteiger partial charge in [0.15, 0.2) is 5.97 Å². The van der Waals surface area contributed by atoms with Crippen molar-refractivity contribution in [2.24, 2.45) is 23.7 Å². The molecule has 1 amide bonds. The van der Waals surface area contributed by atoms with Crippen molar-refractivity contribution >= 4 is 17.8 Å². The van der Waals surface area contributed by atoms with E-state index in [0.29, 0.717) is 42.4 Å². The van der Waals surface area contributed by atoms with Crippen LogP contribution >= 0.6 is 0 Å². The molecular weight excluding hydrogens is 392 g/mol. The summed E-state index contributed by atoms with van der Waals surface area (Å²) < 4.78 is 6.29. The van der Waals surface area contributed by atoms with Gasteiger partial charge in [-0.25, -0.2) is 4.79 Å². The Morgan fingerprint density at radius 1 is 1.30 bits per heavy atom. The molecule has 0 aromatic rings. The van der Waals surface area contributed by atoms with Crippen LogP contribution in [0.25, 0.3) is 0 Å². The Bertz CT molecular complexity index is 558. The number of nitrogens with two attached hydrogens (primary N) is 1. The Morgan fingerprint density at radius 2 is 1.90 bits per heavy atom. The second-order valence-corrected chi connectivity index (χ2v) is 8.64. The summed E-state index contributed by atoms with van der Waals surface area (Å²) in [4.78, 5) is 32.5. The number of carbonyl (C=O) groups is 3. The van der Waals surface area contributed by atoms with E-state index < -0.39 is 11.9 Å². The van der Waals surface area contributed by atoms with Crippen LogP contribution in [-0.2, 0) is 19.1 Å². The Balaban J connectivity index is 0.000000426. The molecule has 3 aliphatic heterocycles. The number of carbonyl (C=O) groups excluding carboxylic acids is 2. The van der Waals surface area contributed by atoms with Crippen LogP contribution in [0.4, 0.5) is 0 Å². The molecule has 0 aromatic heterocycles. The van der Waals surface area contributed by atoms with Gasteiger partial charge in [-0.3, -0.25) is 4.79 Å². The Labute approximate surface area is 178 Å². The molecule has 30 heavy (non-hydrogen) atoms.